The molecule has 0 unspecified atom stereocenters. The summed E-state index contributed by atoms with van der Waals surface area (Å²) in [5.74, 6) is 0.859. The Morgan fingerprint density at radius 2 is 2.05 bits per heavy atom. The molecule has 104 valence electrons. The van der Waals surface area contributed by atoms with E-state index in [0.717, 1.165) is 32.6 Å². The van der Waals surface area contributed by atoms with E-state index < -0.39 is 0 Å². The second kappa shape index (κ2) is 7.26. The maximum Gasteiger partial charge on any atom is 0.180 e. The van der Waals surface area contributed by atoms with Gasteiger partial charge < -0.3 is 10.1 Å². The summed E-state index contributed by atoms with van der Waals surface area (Å²) >= 11 is 0. The van der Waals surface area contributed by atoms with Crippen molar-refractivity contribution in [2.45, 2.75) is 13.3 Å². The van der Waals surface area contributed by atoms with Crippen LogP contribution in [0.25, 0.3) is 0 Å². The number of carbonyl (C=O) groups is 1. The van der Waals surface area contributed by atoms with Crippen molar-refractivity contribution in [2.75, 3.05) is 39.3 Å². The molecule has 1 N–H and O–H groups in total. The summed E-state index contributed by atoms with van der Waals surface area (Å²) in [7, 11) is 0. The third kappa shape index (κ3) is 4.04. The highest BCUT2D eigenvalue weighted by Crippen LogP contribution is 2.19. The first kappa shape index (κ1) is 14.0. The summed E-state index contributed by atoms with van der Waals surface area (Å²) < 4.78 is 5.64. The van der Waals surface area contributed by atoms with Crippen molar-refractivity contribution in [2.24, 2.45) is 0 Å². The highest BCUT2D eigenvalue weighted by molar-refractivity contribution is 6.00. The summed E-state index contributed by atoms with van der Waals surface area (Å²) in [5.41, 5.74) is 0.703. The molecular formula is C15H22N2O2. The van der Waals surface area contributed by atoms with Gasteiger partial charge in [-0.1, -0.05) is 19.1 Å². The van der Waals surface area contributed by atoms with Gasteiger partial charge in [-0.2, -0.15) is 0 Å². The lowest BCUT2D eigenvalue weighted by Crippen LogP contribution is -2.45. The van der Waals surface area contributed by atoms with Crippen molar-refractivity contribution < 1.29 is 9.53 Å². The molecule has 0 bridgehead atoms. The molecule has 0 aliphatic carbocycles. The summed E-state index contributed by atoms with van der Waals surface area (Å²) in [6.07, 6.45) is 0.945. The van der Waals surface area contributed by atoms with Crippen LogP contribution in [0.1, 0.15) is 23.7 Å². The average molecular weight is 262 g/mol. The Bertz CT molecular complexity index is 414. The number of ether oxygens (including phenoxy) is 1. The van der Waals surface area contributed by atoms with Gasteiger partial charge in [0.25, 0.3) is 0 Å². The van der Waals surface area contributed by atoms with E-state index in [0.29, 0.717) is 24.5 Å². The monoisotopic (exact) mass is 262 g/mol. The molecule has 4 nitrogen and oxygen atoms in total. The Kier molecular flexibility index (Phi) is 5.36. The summed E-state index contributed by atoms with van der Waals surface area (Å²) in [4.78, 5) is 14.5. The molecule has 0 aromatic heterocycles. The van der Waals surface area contributed by atoms with Gasteiger partial charge in [-0.15, -0.1) is 0 Å². The fourth-order valence-corrected chi connectivity index (χ4v) is 2.19. The lowest BCUT2D eigenvalue weighted by Gasteiger charge is -2.26. The molecular weight excluding hydrogens is 240 g/mol. The SMILES string of the molecule is CCCOc1ccccc1C(=O)CN1CCNCC1. The molecule has 0 saturated carbocycles. The standard InChI is InChI=1S/C15H22N2O2/c1-2-11-19-15-6-4-3-5-13(15)14(18)12-17-9-7-16-8-10-17/h3-6,16H,2,7-12H2,1H3. The van der Waals surface area contributed by atoms with E-state index in [2.05, 4.69) is 17.1 Å². The number of benzene rings is 1. The van der Waals surface area contributed by atoms with Crippen LogP contribution in [0.5, 0.6) is 5.75 Å². The van der Waals surface area contributed by atoms with Crippen LogP contribution in [0, 0.1) is 0 Å². The first-order chi connectivity index (χ1) is 9.31. The summed E-state index contributed by atoms with van der Waals surface area (Å²) in [6, 6.07) is 7.53. The first-order valence-electron chi connectivity index (χ1n) is 6.99. The van der Waals surface area contributed by atoms with Crippen LogP contribution < -0.4 is 10.1 Å². The van der Waals surface area contributed by atoms with Crippen LogP contribution in [-0.4, -0.2) is 50.0 Å². The zero-order valence-electron chi connectivity index (χ0n) is 11.5. The topological polar surface area (TPSA) is 41.6 Å². The maximum absolute atomic E-state index is 12.4. The highest BCUT2D eigenvalue weighted by atomic mass is 16.5. The highest BCUT2D eigenvalue weighted by Gasteiger charge is 2.17. The molecule has 0 radical (unpaired) electrons. The Morgan fingerprint density at radius 1 is 1.32 bits per heavy atom. The Balaban J connectivity index is 2.00. The quantitative estimate of drug-likeness (QED) is 0.790. The molecule has 0 spiro atoms. The molecule has 1 aliphatic rings. The van der Waals surface area contributed by atoms with E-state index >= 15 is 0 Å². The first-order valence-corrected chi connectivity index (χ1v) is 6.99. The van der Waals surface area contributed by atoms with Crippen LogP contribution in [0.3, 0.4) is 0 Å². The molecule has 19 heavy (non-hydrogen) atoms. The van der Waals surface area contributed by atoms with Crippen molar-refractivity contribution in [3.8, 4) is 5.75 Å². The lowest BCUT2D eigenvalue weighted by atomic mass is 10.1. The third-order valence-corrected chi connectivity index (χ3v) is 3.23. The predicted octanol–water partition coefficient (Wildman–Crippen LogP) is 1.56. The van der Waals surface area contributed by atoms with Crippen molar-refractivity contribution in [3.63, 3.8) is 0 Å². The number of hydrogen-bond acceptors (Lipinski definition) is 4. The Hall–Kier alpha value is -1.39. The predicted molar refractivity (Wildman–Crippen MR) is 75.9 cm³/mol. The van der Waals surface area contributed by atoms with Gasteiger partial charge in [-0.05, 0) is 18.6 Å². The zero-order valence-corrected chi connectivity index (χ0v) is 11.5. The summed E-state index contributed by atoms with van der Waals surface area (Å²) in [6.45, 7) is 6.98. The van der Waals surface area contributed by atoms with Gasteiger partial charge in [0.2, 0.25) is 0 Å². The second-order valence-electron chi connectivity index (χ2n) is 4.79. The molecule has 1 aromatic carbocycles. The van der Waals surface area contributed by atoms with Gasteiger partial charge in [-0.25, -0.2) is 0 Å². The van der Waals surface area contributed by atoms with Crippen molar-refractivity contribution in [1.82, 2.24) is 10.2 Å². The Morgan fingerprint density at radius 3 is 2.79 bits per heavy atom. The molecule has 4 heteroatoms. The minimum Gasteiger partial charge on any atom is -0.493 e. The molecule has 1 heterocycles. The van der Waals surface area contributed by atoms with E-state index in [-0.39, 0.29) is 5.78 Å². The number of Topliss-reactive ketones (excluding diaryl/α,β-unsaturated/α-hetero) is 1. The minimum atomic E-state index is 0.147. The van der Waals surface area contributed by atoms with Crippen LogP contribution in [0.15, 0.2) is 24.3 Å². The van der Waals surface area contributed by atoms with Crippen molar-refractivity contribution in [1.29, 1.82) is 0 Å². The molecule has 2 rings (SSSR count). The van der Waals surface area contributed by atoms with Crippen LogP contribution in [-0.2, 0) is 0 Å². The number of rotatable bonds is 6. The number of para-hydroxylation sites is 1. The van der Waals surface area contributed by atoms with Gasteiger partial charge in [0, 0.05) is 26.2 Å². The van der Waals surface area contributed by atoms with E-state index in [1.165, 1.54) is 0 Å². The number of carbonyl (C=O) groups excluding carboxylic acids is 1. The van der Waals surface area contributed by atoms with E-state index in [1.54, 1.807) is 0 Å². The molecule has 0 atom stereocenters. The number of ketones is 1. The average Bonchev–Trinajstić information content (AvgIpc) is 2.46. The largest absolute Gasteiger partial charge is 0.493 e. The van der Waals surface area contributed by atoms with Gasteiger partial charge in [0.1, 0.15) is 5.75 Å². The van der Waals surface area contributed by atoms with Gasteiger partial charge in [0.05, 0.1) is 18.7 Å². The van der Waals surface area contributed by atoms with Gasteiger partial charge >= 0.3 is 0 Å². The van der Waals surface area contributed by atoms with Gasteiger partial charge in [-0.3, -0.25) is 9.69 Å². The fourth-order valence-electron chi connectivity index (χ4n) is 2.19. The molecule has 1 aliphatic heterocycles. The normalized spacial score (nSPS) is 16.3. The maximum atomic E-state index is 12.4. The Labute approximate surface area is 114 Å². The summed E-state index contributed by atoms with van der Waals surface area (Å²) in [5, 5.41) is 3.29. The number of nitrogens with zero attached hydrogens (tertiary/aromatic N) is 1. The minimum absolute atomic E-state index is 0.147. The molecule has 0 amide bonds. The molecule has 1 saturated heterocycles. The van der Waals surface area contributed by atoms with E-state index in [9.17, 15) is 4.79 Å². The smallest absolute Gasteiger partial charge is 0.180 e. The van der Waals surface area contributed by atoms with E-state index in [4.69, 9.17) is 4.74 Å². The van der Waals surface area contributed by atoms with E-state index in [1.807, 2.05) is 24.3 Å². The fraction of sp³-hybridized carbons (Fsp3) is 0.533. The second-order valence-corrected chi connectivity index (χ2v) is 4.79. The van der Waals surface area contributed by atoms with Crippen LogP contribution >= 0.6 is 0 Å². The van der Waals surface area contributed by atoms with Gasteiger partial charge in [0.15, 0.2) is 5.78 Å². The number of nitrogens with one attached hydrogen (secondary N) is 1. The number of hydrogen-bond donors (Lipinski definition) is 1. The van der Waals surface area contributed by atoms with Crippen LogP contribution in [0.2, 0.25) is 0 Å². The van der Waals surface area contributed by atoms with Crippen molar-refractivity contribution in [3.05, 3.63) is 29.8 Å². The molecule has 1 aromatic rings. The zero-order chi connectivity index (χ0) is 13.5. The van der Waals surface area contributed by atoms with Crippen molar-refractivity contribution >= 4 is 5.78 Å². The molecule has 1 fully saturated rings. The number of piperazine rings is 1. The van der Waals surface area contributed by atoms with Crippen LogP contribution in [0.4, 0.5) is 0 Å². The third-order valence-electron chi connectivity index (χ3n) is 3.23. The lowest BCUT2D eigenvalue weighted by molar-refractivity contribution is 0.0917.